The van der Waals surface area contributed by atoms with Gasteiger partial charge in [0.25, 0.3) is 5.91 Å². The third-order valence-corrected chi connectivity index (χ3v) is 5.63. The summed E-state index contributed by atoms with van der Waals surface area (Å²) in [6.45, 7) is 2.01. The number of pyridine rings is 1. The Morgan fingerprint density at radius 1 is 1.39 bits per heavy atom. The van der Waals surface area contributed by atoms with E-state index in [0.717, 1.165) is 12.2 Å². The third-order valence-electron chi connectivity index (χ3n) is 3.86. The van der Waals surface area contributed by atoms with E-state index in [1.165, 1.54) is 6.20 Å². The van der Waals surface area contributed by atoms with Crippen molar-refractivity contribution in [1.29, 1.82) is 0 Å². The highest BCUT2D eigenvalue weighted by Crippen LogP contribution is 2.13. The second kappa shape index (κ2) is 6.11. The average molecular weight is 334 g/mol. The molecular formula is C15H18N4O3S. The van der Waals surface area contributed by atoms with Crippen LogP contribution in [0.1, 0.15) is 29.5 Å². The number of hydrogen-bond donors (Lipinski definition) is 1. The van der Waals surface area contributed by atoms with Gasteiger partial charge in [0.05, 0.1) is 17.1 Å². The van der Waals surface area contributed by atoms with Crippen LogP contribution in [-0.4, -0.2) is 46.4 Å². The summed E-state index contributed by atoms with van der Waals surface area (Å²) in [7, 11) is -3.01. The van der Waals surface area contributed by atoms with Crippen LogP contribution in [0.15, 0.2) is 30.7 Å². The van der Waals surface area contributed by atoms with Crippen LogP contribution in [0, 0.1) is 0 Å². The van der Waals surface area contributed by atoms with Gasteiger partial charge in [0.1, 0.15) is 11.6 Å². The molecule has 2 aromatic heterocycles. The van der Waals surface area contributed by atoms with Crippen molar-refractivity contribution in [2.45, 2.75) is 25.8 Å². The van der Waals surface area contributed by atoms with Crippen molar-refractivity contribution in [1.82, 2.24) is 19.9 Å². The molecule has 2 aromatic rings. The molecule has 23 heavy (non-hydrogen) atoms. The van der Waals surface area contributed by atoms with Crippen molar-refractivity contribution in [3.05, 3.63) is 42.1 Å². The Hall–Kier alpha value is -2.22. The van der Waals surface area contributed by atoms with Crippen LogP contribution in [0.4, 0.5) is 0 Å². The van der Waals surface area contributed by atoms with Gasteiger partial charge in [-0.05, 0) is 18.6 Å². The van der Waals surface area contributed by atoms with E-state index in [9.17, 15) is 13.2 Å². The van der Waals surface area contributed by atoms with E-state index in [1.807, 2.05) is 17.7 Å². The number of imidazole rings is 1. The highest BCUT2D eigenvalue weighted by Gasteiger charge is 2.29. The van der Waals surface area contributed by atoms with Gasteiger partial charge in [-0.3, -0.25) is 9.36 Å². The number of amides is 1. The Bertz CT molecular complexity index is 812. The second-order valence-electron chi connectivity index (χ2n) is 5.55. The highest BCUT2D eigenvalue weighted by molar-refractivity contribution is 7.91. The fourth-order valence-corrected chi connectivity index (χ4v) is 4.32. The average Bonchev–Trinajstić information content (AvgIpc) is 3.13. The van der Waals surface area contributed by atoms with Crippen LogP contribution in [-0.2, 0) is 16.3 Å². The molecule has 0 aliphatic carbocycles. The van der Waals surface area contributed by atoms with Crippen LogP contribution in [0.25, 0.3) is 5.82 Å². The number of hydrogen-bond acceptors (Lipinski definition) is 5. The topological polar surface area (TPSA) is 94.0 Å². The first-order chi connectivity index (χ1) is 11.0. The molecule has 7 nitrogen and oxygen atoms in total. The number of aromatic nitrogens is 3. The van der Waals surface area contributed by atoms with Crippen molar-refractivity contribution < 1.29 is 13.2 Å². The molecular weight excluding hydrogens is 316 g/mol. The summed E-state index contributed by atoms with van der Waals surface area (Å²) in [4.78, 5) is 20.7. The van der Waals surface area contributed by atoms with Gasteiger partial charge in [-0.25, -0.2) is 18.4 Å². The zero-order valence-corrected chi connectivity index (χ0v) is 13.6. The maximum absolute atomic E-state index is 12.2. The molecule has 3 heterocycles. The van der Waals surface area contributed by atoms with Crippen molar-refractivity contribution in [2.75, 3.05) is 11.5 Å². The number of carbonyl (C=O) groups excluding carboxylic acids is 1. The lowest BCUT2D eigenvalue weighted by Crippen LogP contribution is -2.35. The smallest absolute Gasteiger partial charge is 0.253 e. The van der Waals surface area contributed by atoms with Gasteiger partial charge in [0.15, 0.2) is 9.84 Å². The van der Waals surface area contributed by atoms with Crippen molar-refractivity contribution in [3.63, 3.8) is 0 Å². The Labute approximate surface area is 134 Å². The summed E-state index contributed by atoms with van der Waals surface area (Å²) in [5.41, 5.74) is 0.413. The normalized spacial score (nSPS) is 19.6. The minimum atomic E-state index is -3.01. The van der Waals surface area contributed by atoms with E-state index in [2.05, 4.69) is 15.3 Å². The lowest BCUT2D eigenvalue weighted by molar-refractivity contribution is 0.0941. The largest absolute Gasteiger partial charge is 0.348 e. The molecule has 1 amide bonds. The maximum Gasteiger partial charge on any atom is 0.253 e. The molecule has 1 saturated heterocycles. The lowest BCUT2D eigenvalue weighted by atomic mass is 10.2. The molecule has 0 bridgehead atoms. The zero-order valence-electron chi connectivity index (χ0n) is 12.8. The lowest BCUT2D eigenvalue weighted by Gasteiger charge is -2.11. The zero-order chi connectivity index (χ0) is 16.4. The minimum Gasteiger partial charge on any atom is -0.348 e. The molecule has 8 heteroatoms. The van der Waals surface area contributed by atoms with E-state index in [0.29, 0.717) is 17.8 Å². The molecule has 0 unspecified atom stereocenters. The number of rotatable bonds is 4. The monoisotopic (exact) mass is 334 g/mol. The van der Waals surface area contributed by atoms with E-state index >= 15 is 0 Å². The van der Waals surface area contributed by atoms with E-state index in [1.54, 1.807) is 18.3 Å². The van der Waals surface area contributed by atoms with E-state index in [-0.39, 0.29) is 23.5 Å². The van der Waals surface area contributed by atoms with Crippen molar-refractivity contribution >= 4 is 15.7 Å². The molecule has 1 atom stereocenters. The van der Waals surface area contributed by atoms with Gasteiger partial charge < -0.3 is 5.32 Å². The number of nitrogens with one attached hydrogen (secondary N) is 1. The van der Waals surface area contributed by atoms with Crippen LogP contribution in [0.5, 0.6) is 0 Å². The number of carbonyl (C=O) groups is 1. The molecule has 0 radical (unpaired) electrons. The molecule has 1 fully saturated rings. The maximum atomic E-state index is 12.2. The number of aryl methyl sites for hydroxylation is 1. The van der Waals surface area contributed by atoms with Gasteiger partial charge >= 0.3 is 0 Å². The van der Waals surface area contributed by atoms with Crippen LogP contribution >= 0.6 is 0 Å². The number of nitrogens with zero attached hydrogens (tertiary/aromatic N) is 3. The van der Waals surface area contributed by atoms with E-state index in [4.69, 9.17) is 0 Å². The molecule has 3 rings (SSSR count). The Balaban J connectivity index is 1.71. The third kappa shape index (κ3) is 3.42. The predicted molar refractivity (Wildman–Crippen MR) is 85.3 cm³/mol. The van der Waals surface area contributed by atoms with Gasteiger partial charge in [0.2, 0.25) is 0 Å². The fourth-order valence-electron chi connectivity index (χ4n) is 2.64. The molecule has 1 aliphatic rings. The molecule has 0 saturated carbocycles. The Morgan fingerprint density at radius 2 is 2.22 bits per heavy atom. The van der Waals surface area contributed by atoms with Crippen LogP contribution < -0.4 is 5.32 Å². The standard InChI is InChI=1S/C15H18N4O3S/c1-2-13-16-6-7-19(13)14-4-3-11(9-17-14)15(20)18-12-5-8-23(21,22)10-12/h3-4,6-7,9,12H,2,5,8,10H2,1H3,(H,18,20)/t12-/m0/s1. The summed E-state index contributed by atoms with van der Waals surface area (Å²) in [5, 5.41) is 2.75. The molecule has 0 spiro atoms. The summed E-state index contributed by atoms with van der Waals surface area (Å²) in [6.07, 6.45) is 6.28. The predicted octanol–water partition coefficient (Wildman–Crippen LogP) is 0.747. The van der Waals surface area contributed by atoms with Gasteiger partial charge in [0, 0.05) is 31.1 Å². The quantitative estimate of drug-likeness (QED) is 0.890. The minimum absolute atomic E-state index is 0.0130. The van der Waals surface area contributed by atoms with Crippen LogP contribution in [0.3, 0.4) is 0 Å². The Morgan fingerprint density at radius 3 is 2.83 bits per heavy atom. The summed E-state index contributed by atoms with van der Waals surface area (Å²) in [5.74, 6) is 1.44. The van der Waals surface area contributed by atoms with Crippen molar-refractivity contribution in [2.24, 2.45) is 0 Å². The second-order valence-corrected chi connectivity index (χ2v) is 7.77. The molecule has 1 aliphatic heterocycles. The first-order valence-corrected chi connectivity index (χ1v) is 9.30. The van der Waals surface area contributed by atoms with Crippen LogP contribution in [0.2, 0.25) is 0 Å². The first-order valence-electron chi connectivity index (χ1n) is 7.48. The van der Waals surface area contributed by atoms with Crippen molar-refractivity contribution in [3.8, 4) is 5.82 Å². The van der Waals surface area contributed by atoms with Gasteiger partial charge in [-0.1, -0.05) is 6.92 Å². The molecule has 1 N–H and O–H groups in total. The van der Waals surface area contributed by atoms with Gasteiger partial charge in [-0.2, -0.15) is 0 Å². The van der Waals surface area contributed by atoms with Gasteiger partial charge in [-0.15, -0.1) is 0 Å². The number of sulfone groups is 1. The SMILES string of the molecule is CCc1nccn1-c1ccc(C(=O)N[C@H]2CCS(=O)(=O)C2)cn1. The summed E-state index contributed by atoms with van der Waals surface area (Å²) in [6, 6.07) is 3.12. The Kier molecular flexibility index (Phi) is 4.16. The highest BCUT2D eigenvalue weighted by atomic mass is 32.2. The molecule has 122 valence electrons. The first kappa shape index (κ1) is 15.7. The summed E-state index contributed by atoms with van der Waals surface area (Å²) >= 11 is 0. The van der Waals surface area contributed by atoms with E-state index < -0.39 is 9.84 Å². The fraction of sp³-hybridized carbons (Fsp3) is 0.400. The molecule has 0 aromatic carbocycles. The summed E-state index contributed by atoms with van der Waals surface area (Å²) < 4.78 is 24.7.